The zero-order chi connectivity index (χ0) is 33.3. The third-order valence-corrected chi connectivity index (χ3v) is 9.65. The second-order valence-corrected chi connectivity index (χ2v) is 14.4. The molecule has 0 aliphatic rings. The van der Waals surface area contributed by atoms with Gasteiger partial charge in [-0.05, 0) is 25.8 Å². The maximum absolute atomic E-state index is 13.6. The van der Waals surface area contributed by atoms with E-state index in [9.17, 15) is 14.2 Å². The number of hydrogen-bond donors (Lipinski definition) is 1. The maximum atomic E-state index is 13.6. The van der Waals surface area contributed by atoms with E-state index in [4.69, 9.17) is 18.5 Å². The summed E-state index contributed by atoms with van der Waals surface area (Å²) in [5, 5.41) is 0. The molecule has 0 spiro atoms. The van der Waals surface area contributed by atoms with E-state index in [0.29, 0.717) is 18.8 Å². The Kier molecular flexibility index (Phi) is 21.9. The third-order valence-electron chi connectivity index (χ3n) is 8.09. The van der Waals surface area contributed by atoms with Crippen LogP contribution in [0.2, 0.25) is 0 Å². The van der Waals surface area contributed by atoms with Crippen LogP contribution in [0.1, 0.15) is 128 Å². The van der Waals surface area contributed by atoms with Crippen molar-refractivity contribution in [3.8, 4) is 0 Å². The number of nitrogens with zero attached hydrogens (tertiary/aromatic N) is 1. The largest absolute Gasteiger partial charge is 0.379 e. The molecule has 0 amide bonds. The Labute approximate surface area is 277 Å². The van der Waals surface area contributed by atoms with Crippen LogP contribution in [-0.4, -0.2) is 41.8 Å². The van der Waals surface area contributed by atoms with Crippen molar-refractivity contribution < 1.29 is 23.1 Å². The smallest absolute Gasteiger partial charge is 0.356 e. The molecule has 2 aromatic rings. The summed E-state index contributed by atoms with van der Waals surface area (Å²) < 4.78 is 37.9. The minimum absolute atomic E-state index is 0.120. The van der Waals surface area contributed by atoms with Crippen molar-refractivity contribution in [3.63, 3.8) is 0 Å². The summed E-state index contributed by atoms with van der Waals surface area (Å²) in [7, 11) is -3.61. The quantitative estimate of drug-likeness (QED) is 0.0683. The van der Waals surface area contributed by atoms with E-state index in [1.165, 1.54) is 101 Å². The Morgan fingerprint density at radius 3 is 1.91 bits per heavy atom. The molecule has 1 N–H and O–H groups in total. The number of rotatable bonds is 29. The number of unbranched alkanes of at least 4 members (excludes halogenated alkanes) is 15. The van der Waals surface area contributed by atoms with Crippen molar-refractivity contribution in [2.24, 2.45) is 0 Å². The number of ether oxygens (including phenoxy) is 2. The first-order valence-electron chi connectivity index (χ1n) is 17.7. The molecule has 2 atom stereocenters. The minimum atomic E-state index is -3.61. The highest BCUT2D eigenvalue weighted by atomic mass is 31.2. The summed E-state index contributed by atoms with van der Waals surface area (Å²) in [6, 6.07) is 9.46. The fraction of sp³-hybridized carbons (Fsp3) is 0.722. The SMILES string of the molecule is CCCCCCCCCCCCCCCCCCOCCOP(=O)(COC(C)Cn1cc(C)c(=O)[nH]c1=O)OCc1ccccc1. The number of nitrogens with one attached hydrogen (secondary N) is 1. The lowest BCUT2D eigenvalue weighted by molar-refractivity contribution is 0.0520. The van der Waals surface area contributed by atoms with Crippen LogP contribution in [0, 0.1) is 6.92 Å². The van der Waals surface area contributed by atoms with Gasteiger partial charge in [-0.1, -0.05) is 134 Å². The van der Waals surface area contributed by atoms with Gasteiger partial charge in [0.15, 0.2) is 0 Å². The molecule has 10 heteroatoms. The number of H-pyrrole nitrogens is 1. The second-order valence-electron chi connectivity index (χ2n) is 12.4. The summed E-state index contributed by atoms with van der Waals surface area (Å²) in [6.45, 7) is 7.05. The standard InChI is InChI=1S/C36H61N2O7P/c1-4-5-6-7-8-9-10-11-12-13-14-15-16-17-18-22-25-42-26-27-44-46(41,45-30-34-23-20-19-21-24-34)31-43-33(3)29-38-28-32(2)35(39)37-36(38)40/h19-21,23-24,28,33H,4-18,22,25-27,29-31H2,1-3H3,(H,37,39,40). The van der Waals surface area contributed by atoms with E-state index in [0.717, 1.165) is 18.4 Å². The van der Waals surface area contributed by atoms with E-state index in [2.05, 4.69) is 11.9 Å². The van der Waals surface area contributed by atoms with Crippen molar-refractivity contribution in [2.45, 2.75) is 143 Å². The van der Waals surface area contributed by atoms with Crippen LogP contribution in [0.5, 0.6) is 0 Å². The van der Waals surface area contributed by atoms with Gasteiger partial charge in [0.1, 0.15) is 6.35 Å². The monoisotopic (exact) mass is 664 g/mol. The molecule has 1 aromatic heterocycles. The Morgan fingerprint density at radius 2 is 1.33 bits per heavy atom. The molecular formula is C36H61N2O7P. The molecule has 0 fully saturated rings. The molecule has 0 radical (unpaired) electrons. The molecule has 46 heavy (non-hydrogen) atoms. The molecule has 0 aliphatic heterocycles. The first kappa shape index (κ1) is 40.1. The van der Waals surface area contributed by atoms with Gasteiger partial charge in [-0.2, -0.15) is 0 Å². The van der Waals surface area contributed by atoms with Crippen molar-refractivity contribution >= 4 is 7.60 Å². The molecule has 0 bridgehead atoms. The lowest BCUT2D eigenvalue weighted by atomic mass is 10.0. The van der Waals surface area contributed by atoms with Crippen LogP contribution in [0.3, 0.4) is 0 Å². The number of aromatic amines is 1. The van der Waals surface area contributed by atoms with Crippen LogP contribution in [0.25, 0.3) is 0 Å². The van der Waals surface area contributed by atoms with Gasteiger partial charge in [-0.15, -0.1) is 0 Å². The molecule has 0 aliphatic carbocycles. The molecule has 0 saturated heterocycles. The summed E-state index contributed by atoms with van der Waals surface area (Å²) in [5.41, 5.74) is 0.354. The first-order chi connectivity index (χ1) is 22.3. The van der Waals surface area contributed by atoms with Crippen LogP contribution < -0.4 is 11.2 Å². The van der Waals surface area contributed by atoms with Crippen LogP contribution >= 0.6 is 7.60 Å². The number of benzene rings is 1. The van der Waals surface area contributed by atoms with Gasteiger partial charge in [0.05, 0.1) is 32.5 Å². The molecule has 0 saturated carbocycles. The molecular weight excluding hydrogens is 603 g/mol. The highest BCUT2D eigenvalue weighted by Crippen LogP contribution is 2.49. The van der Waals surface area contributed by atoms with Crippen LogP contribution in [0.15, 0.2) is 46.1 Å². The summed E-state index contributed by atoms with van der Waals surface area (Å²) in [6.07, 6.45) is 22.1. The number of aryl methyl sites for hydroxylation is 1. The predicted molar refractivity (Wildman–Crippen MR) is 187 cm³/mol. The van der Waals surface area contributed by atoms with Gasteiger partial charge in [0, 0.05) is 18.4 Å². The lowest BCUT2D eigenvalue weighted by Crippen LogP contribution is -2.34. The Bertz CT molecular complexity index is 1200. The normalized spacial score (nSPS) is 13.5. The molecule has 2 unspecified atom stereocenters. The number of hydrogen-bond acceptors (Lipinski definition) is 7. The van der Waals surface area contributed by atoms with Gasteiger partial charge < -0.3 is 18.5 Å². The van der Waals surface area contributed by atoms with E-state index >= 15 is 0 Å². The third kappa shape index (κ3) is 19.0. The minimum Gasteiger partial charge on any atom is -0.379 e. The van der Waals surface area contributed by atoms with Crippen molar-refractivity contribution in [1.82, 2.24) is 9.55 Å². The Morgan fingerprint density at radius 1 is 0.761 bits per heavy atom. The first-order valence-corrected chi connectivity index (χ1v) is 19.5. The summed E-state index contributed by atoms with van der Waals surface area (Å²) >= 11 is 0. The van der Waals surface area contributed by atoms with Gasteiger partial charge >= 0.3 is 13.3 Å². The average molecular weight is 665 g/mol. The fourth-order valence-electron chi connectivity index (χ4n) is 5.25. The molecule has 1 aromatic carbocycles. The van der Waals surface area contributed by atoms with Crippen molar-refractivity contribution in [1.29, 1.82) is 0 Å². The Hall–Kier alpha value is -2.03. The maximum Gasteiger partial charge on any atom is 0.356 e. The highest BCUT2D eigenvalue weighted by Gasteiger charge is 2.27. The van der Waals surface area contributed by atoms with Gasteiger partial charge in [0.2, 0.25) is 0 Å². The van der Waals surface area contributed by atoms with E-state index in [-0.39, 0.29) is 26.1 Å². The fourth-order valence-corrected chi connectivity index (χ4v) is 6.61. The zero-order valence-corrected chi connectivity index (χ0v) is 29.7. The molecule has 9 nitrogen and oxygen atoms in total. The molecule has 2 rings (SSSR count). The lowest BCUT2D eigenvalue weighted by Gasteiger charge is -2.21. The average Bonchev–Trinajstić information content (AvgIpc) is 3.05. The Balaban J connectivity index is 1.57. The van der Waals surface area contributed by atoms with Gasteiger partial charge in [-0.3, -0.25) is 18.9 Å². The highest BCUT2D eigenvalue weighted by molar-refractivity contribution is 7.53. The number of aromatic nitrogens is 2. The van der Waals surface area contributed by atoms with Crippen molar-refractivity contribution in [3.05, 3.63) is 68.5 Å². The molecule has 1 heterocycles. The van der Waals surface area contributed by atoms with Crippen molar-refractivity contribution in [2.75, 3.05) is 26.2 Å². The van der Waals surface area contributed by atoms with E-state index in [1.807, 2.05) is 30.3 Å². The second kappa shape index (κ2) is 25.0. The summed E-state index contributed by atoms with van der Waals surface area (Å²) in [4.78, 5) is 26.1. The zero-order valence-electron chi connectivity index (χ0n) is 28.8. The van der Waals surface area contributed by atoms with Crippen LogP contribution in [0.4, 0.5) is 0 Å². The predicted octanol–water partition coefficient (Wildman–Crippen LogP) is 8.91. The van der Waals surface area contributed by atoms with Gasteiger partial charge in [-0.25, -0.2) is 4.79 Å². The van der Waals surface area contributed by atoms with E-state index < -0.39 is 24.9 Å². The van der Waals surface area contributed by atoms with E-state index in [1.54, 1.807) is 13.8 Å². The molecule has 262 valence electrons. The summed E-state index contributed by atoms with van der Waals surface area (Å²) in [5.74, 6) is 0. The topological polar surface area (TPSA) is 109 Å². The van der Waals surface area contributed by atoms with Gasteiger partial charge in [0.25, 0.3) is 5.56 Å². The van der Waals surface area contributed by atoms with Crippen LogP contribution in [-0.2, 0) is 36.2 Å².